The Bertz CT molecular complexity index is 202. The van der Waals surface area contributed by atoms with Crippen LogP contribution in [0, 0.1) is 0 Å². The molecule has 136 valence electrons. The van der Waals surface area contributed by atoms with Gasteiger partial charge in [-0.25, -0.2) is 0 Å². The molecule has 0 aliphatic carbocycles. The first-order valence-electron chi connectivity index (χ1n) is 9.63. The van der Waals surface area contributed by atoms with Gasteiger partial charge in [-0.15, -0.1) is 12.4 Å². The summed E-state index contributed by atoms with van der Waals surface area (Å²) in [6, 6.07) is 0. The maximum Gasteiger partial charge on any atom is 0.0853 e. The van der Waals surface area contributed by atoms with Crippen LogP contribution in [0.2, 0.25) is 0 Å². The van der Waals surface area contributed by atoms with E-state index in [0.717, 1.165) is 11.1 Å². The van der Waals surface area contributed by atoms with E-state index >= 15 is 0 Å². The summed E-state index contributed by atoms with van der Waals surface area (Å²) in [5.41, 5.74) is 3.50. The third-order valence-corrected chi connectivity index (χ3v) is 4.12. The van der Waals surface area contributed by atoms with E-state index < -0.39 is 0 Å². The standard InChI is InChI=1S/C19H43N2.ClH/c1-5-6-7-8-9-10-11-12-13-14-15-16-17-18-19-20-21(2,3)4;/h20H,5-19H2,1-4H3;1H/q+1;. The zero-order chi connectivity index (χ0) is 15.8. The van der Waals surface area contributed by atoms with Crippen LogP contribution >= 0.6 is 12.4 Å². The van der Waals surface area contributed by atoms with E-state index in [0.29, 0.717) is 0 Å². The highest BCUT2D eigenvalue weighted by atomic mass is 35.5. The Balaban J connectivity index is 0. The molecule has 0 aliphatic rings. The highest BCUT2D eigenvalue weighted by Gasteiger charge is 2.03. The Hall–Kier alpha value is 0.210. The van der Waals surface area contributed by atoms with Crippen molar-refractivity contribution in [2.45, 2.75) is 96.8 Å². The topological polar surface area (TPSA) is 12.0 Å². The molecule has 0 rings (SSSR count). The van der Waals surface area contributed by atoms with E-state index in [-0.39, 0.29) is 12.4 Å². The molecule has 0 radical (unpaired) electrons. The number of nitrogens with zero attached hydrogens (tertiary/aromatic N) is 1. The molecule has 0 fully saturated rings. The first-order chi connectivity index (χ1) is 10.1. The summed E-state index contributed by atoms with van der Waals surface area (Å²) in [6.07, 6.45) is 20.1. The van der Waals surface area contributed by atoms with Gasteiger partial charge in [-0.2, -0.15) is 5.43 Å². The van der Waals surface area contributed by atoms with Gasteiger partial charge < -0.3 is 0 Å². The van der Waals surface area contributed by atoms with Gasteiger partial charge in [0.25, 0.3) is 0 Å². The van der Waals surface area contributed by atoms with Crippen molar-refractivity contribution in [3.8, 4) is 0 Å². The molecule has 1 N–H and O–H groups in total. The van der Waals surface area contributed by atoms with Gasteiger partial charge in [0.1, 0.15) is 0 Å². The van der Waals surface area contributed by atoms with Crippen molar-refractivity contribution in [3.63, 3.8) is 0 Å². The molecule has 0 heterocycles. The van der Waals surface area contributed by atoms with Gasteiger partial charge in [0.15, 0.2) is 0 Å². The molecule has 3 heteroatoms. The van der Waals surface area contributed by atoms with E-state index in [2.05, 4.69) is 33.5 Å². The second-order valence-corrected chi connectivity index (χ2v) is 7.52. The lowest BCUT2D eigenvalue weighted by molar-refractivity contribution is -0.915. The fraction of sp³-hybridized carbons (Fsp3) is 1.00. The number of rotatable bonds is 16. The minimum atomic E-state index is 0. The zero-order valence-electron chi connectivity index (χ0n) is 16.0. The summed E-state index contributed by atoms with van der Waals surface area (Å²) in [6.45, 7) is 3.45. The highest BCUT2D eigenvalue weighted by Crippen LogP contribution is 2.12. The summed E-state index contributed by atoms with van der Waals surface area (Å²) in [7, 11) is 6.55. The molecule has 0 atom stereocenters. The van der Waals surface area contributed by atoms with Crippen molar-refractivity contribution in [1.82, 2.24) is 5.43 Å². The molecular formula is C19H44ClN2+. The maximum atomic E-state index is 3.50. The van der Waals surface area contributed by atoms with E-state index in [1.165, 1.54) is 89.9 Å². The number of nitrogens with one attached hydrogen (secondary N) is 1. The van der Waals surface area contributed by atoms with Crippen molar-refractivity contribution in [2.24, 2.45) is 0 Å². The number of hydrogen-bond donors (Lipinski definition) is 1. The molecule has 2 nitrogen and oxygen atoms in total. The molecule has 0 aromatic rings. The number of unbranched alkanes of at least 4 members (excludes halogenated alkanes) is 13. The third-order valence-electron chi connectivity index (χ3n) is 4.12. The van der Waals surface area contributed by atoms with Crippen LogP contribution in [0.25, 0.3) is 0 Å². The van der Waals surface area contributed by atoms with Crippen LogP contribution in [0.3, 0.4) is 0 Å². The Labute approximate surface area is 147 Å². The van der Waals surface area contributed by atoms with Crippen LogP contribution in [0.15, 0.2) is 0 Å². The van der Waals surface area contributed by atoms with Crippen LogP contribution in [0.1, 0.15) is 96.8 Å². The van der Waals surface area contributed by atoms with Gasteiger partial charge in [-0.1, -0.05) is 90.4 Å². The van der Waals surface area contributed by atoms with Crippen LogP contribution in [-0.4, -0.2) is 32.3 Å². The summed E-state index contributed by atoms with van der Waals surface area (Å²) in [5.74, 6) is 0. The summed E-state index contributed by atoms with van der Waals surface area (Å²) in [4.78, 5) is 0. The molecule has 0 saturated carbocycles. The molecule has 0 spiro atoms. The first-order valence-corrected chi connectivity index (χ1v) is 9.63. The normalized spacial score (nSPS) is 11.5. The van der Waals surface area contributed by atoms with Crippen LogP contribution in [0.5, 0.6) is 0 Å². The van der Waals surface area contributed by atoms with Crippen molar-refractivity contribution >= 4 is 12.4 Å². The number of hydrogen-bond acceptors (Lipinski definition) is 1. The number of quaternary nitrogens is 1. The summed E-state index contributed by atoms with van der Waals surface area (Å²) < 4.78 is 0.873. The highest BCUT2D eigenvalue weighted by molar-refractivity contribution is 5.85. The van der Waals surface area contributed by atoms with Gasteiger partial charge in [0.2, 0.25) is 0 Å². The third kappa shape index (κ3) is 22.5. The maximum absolute atomic E-state index is 3.50. The summed E-state index contributed by atoms with van der Waals surface area (Å²) >= 11 is 0. The fourth-order valence-electron chi connectivity index (χ4n) is 2.73. The lowest BCUT2D eigenvalue weighted by atomic mass is 10.0. The van der Waals surface area contributed by atoms with E-state index in [4.69, 9.17) is 0 Å². The quantitative estimate of drug-likeness (QED) is 0.204. The number of halogens is 1. The molecule has 22 heavy (non-hydrogen) atoms. The lowest BCUT2D eigenvalue weighted by Crippen LogP contribution is -2.48. The van der Waals surface area contributed by atoms with Crippen LogP contribution in [0.4, 0.5) is 0 Å². The smallest absolute Gasteiger partial charge is 0.0853 e. The average Bonchev–Trinajstić information content (AvgIpc) is 2.42. The molecule has 0 saturated heterocycles. The SMILES string of the molecule is CCCCCCCCCCCCCCCCN[N+](C)(C)C.Cl. The fourth-order valence-corrected chi connectivity index (χ4v) is 2.73. The second kappa shape index (κ2) is 17.6. The van der Waals surface area contributed by atoms with E-state index in [1.54, 1.807) is 0 Å². The lowest BCUT2D eigenvalue weighted by Gasteiger charge is -2.23. The molecule has 0 aromatic heterocycles. The monoisotopic (exact) mass is 335 g/mol. The van der Waals surface area contributed by atoms with E-state index in [1.807, 2.05) is 0 Å². The molecule has 0 bridgehead atoms. The Kier molecular flexibility index (Phi) is 19.5. The Morgan fingerprint density at radius 3 is 1.18 bits per heavy atom. The second-order valence-electron chi connectivity index (χ2n) is 7.52. The largest absolute Gasteiger partial charge is 0.253 e. The van der Waals surface area contributed by atoms with Gasteiger partial charge in [-0.3, -0.25) is 4.59 Å². The zero-order valence-corrected chi connectivity index (χ0v) is 16.8. The molecular weight excluding hydrogens is 292 g/mol. The van der Waals surface area contributed by atoms with E-state index in [9.17, 15) is 0 Å². The average molecular weight is 336 g/mol. The van der Waals surface area contributed by atoms with Gasteiger partial charge in [-0.05, 0) is 6.42 Å². The van der Waals surface area contributed by atoms with Gasteiger partial charge >= 0.3 is 0 Å². The van der Waals surface area contributed by atoms with Crippen molar-refractivity contribution in [1.29, 1.82) is 0 Å². The predicted molar refractivity (Wildman–Crippen MR) is 104 cm³/mol. The Morgan fingerprint density at radius 1 is 0.545 bits per heavy atom. The predicted octanol–water partition coefficient (Wildman–Crippen LogP) is 6.10. The Morgan fingerprint density at radius 2 is 0.864 bits per heavy atom. The molecule has 0 aliphatic heterocycles. The van der Waals surface area contributed by atoms with Crippen molar-refractivity contribution in [3.05, 3.63) is 0 Å². The summed E-state index contributed by atoms with van der Waals surface area (Å²) in [5, 5.41) is 0. The van der Waals surface area contributed by atoms with Crippen molar-refractivity contribution < 1.29 is 4.59 Å². The van der Waals surface area contributed by atoms with Crippen LogP contribution in [-0.2, 0) is 0 Å². The van der Waals surface area contributed by atoms with Gasteiger partial charge in [0, 0.05) is 6.54 Å². The van der Waals surface area contributed by atoms with Gasteiger partial charge in [0.05, 0.1) is 21.1 Å². The van der Waals surface area contributed by atoms with Crippen molar-refractivity contribution in [2.75, 3.05) is 27.7 Å². The minimum Gasteiger partial charge on any atom is -0.253 e. The minimum absolute atomic E-state index is 0. The molecule has 0 unspecified atom stereocenters. The molecule has 0 aromatic carbocycles. The molecule has 0 amide bonds. The van der Waals surface area contributed by atoms with Crippen LogP contribution < -0.4 is 5.43 Å². The first kappa shape index (κ1) is 24.5.